The van der Waals surface area contributed by atoms with Crippen LogP contribution in [0.15, 0.2) is 35.3 Å². The number of halogens is 2. The molecular formula is C20H24ClFN4O2. The Kier molecular flexibility index (Phi) is 6.26. The van der Waals surface area contributed by atoms with Crippen molar-refractivity contribution in [3.8, 4) is 11.5 Å². The van der Waals surface area contributed by atoms with Crippen LogP contribution in [-0.2, 0) is 0 Å². The van der Waals surface area contributed by atoms with Crippen LogP contribution in [0.5, 0.6) is 11.5 Å². The molecule has 1 aliphatic heterocycles. The molecule has 150 valence electrons. The number of hydrogen-bond donors (Lipinski definition) is 2. The van der Waals surface area contributed by atoms with Crippen molar-refractivity contribution in [1.82, 2.24) is 4.90 Å². The highest BCUT2D eigenvalue weighted by molar-refractivity contribution is 6.31. The standard InChI is InChI=1S/C20H24ClFN4O2/c1-26-7-3-4-13(11-26)28-19-9-14(17(23)10-18(19)27-2)20(24)25-12-5-6-16(22)15(21)8-12/h5-6,8-10,13H,3-4,7,11,23H2,1-2H3,(H2,24,25). The molecule has 0 radical (unpaired) electrons. The molecule has 1 heterocycles. The fourth-order valence-corrected chi connectivity index (χ4v) is 3.37. The molecule has 0 aromatic heterocycles. The third kappa shape index (κ3) is 4.66. The molecule has 2 aromatic carbocycles. The molecule has 0 saturated carbocycles. The van der Waals surface area contributed by atoms with Gasteiger partial charge in [-0.25, -0.2) is 9.38 Å². The van der Waals surface area contributed by atoms with E-state index >= 15 is 0 Å². The number of anilines is 1. The predicted molar refractivity (Wildman–Crippen MR) is 110 cm³/mol. The molecule has 1 fully saturated rings. The maximum Gasteiger partial charge on any atom is 0.162 e. The largest absolute Gasteiger partial charge is 0.493 e. The van der Waals surface area contributed by atoms with E-state index in [2.05, 4.69) is 16.9 Å². The maximum atomic E-state index is 13.3. The number of rotatable bonds is 5. The van der Waals surface area contributed by atoms with E-state index in [1.165, 1.54) is 18.2 Å². The minimum atomic E-state index is -0.517. The zero-order valence-electron chi connectivity index (χ0n) is 15.9. The van der Waals surface area contributed by atoms with Crippen LogP contribution < -0.4 is 20.9 Å². The van der Waals surface area contributed by atoms with Crippen LogP contribution in [-0.4, -0.2) is 44.1 Å². The summed E-state index contributed by atoms with van der Waals surface area (Å²) < 4.78 is 24.9. The number of aliphatic imine (C=N–C) groups is 1. The second-order valence-electron chi connectivity index (χ2n) is 6.83. The number of amidine groups is 1. The van der Waals surface area contributed by atoms with Crippen molar-refractivity contribution in [2.24, 2.45) is 10.7 Å². The van der Waals surface area contributed by atoms with E-state index in [0.717, 1.165) is 25.9 Å². The molecule has 28 heavy (non-hydrogen) atoms. The van der Waals surface area contributed by atoms with Gasteiger partial charge in [0.25, 0.3) is 0 Å². The van der Waals surface area contributed by atoms with Crippen LogP contribution >= 0.6 is 11.6 Å². The first-order valence-corrected chi connectivity index (χ1v) is 9.37. The summed E-state index contributed by atoms with van der Waals surface area (Å²) in [5, 5.41) is -0.0257. The van der Waals surface area contributed by atoms with E-state index in [-0.39, 0.29) is 17.0 Å². The highest BCUT2D eigenvalue weighted by Gasteiger charge is 2.21. The van der Waals surface area contributed by atoms with Crippen LogP contribution in [0, 0.1) is 5.82 Å². The van der Waals surface area contributed by atoms with E-state index in [0.29, 0.717) is 28.4 Å². The Bertz CT molecular complexity index is 891. The molecule has 0 aliphatic carbocycles. The van der Waals surface area contributed by atoms with Crippen LogP contribution in [0.2, 0.25) is 5.02 Å². The van der Waals surface area contributed by atoms with Crippen molar-refractivity contribution in [2.45, 2.75) is 18.9 Å². The molecule has 1 aliphatic rings. The fourth-order valence-electron chi connectivity index (χ4n) is 3.20. The Balaban J connectivity index is 1.91. The van der Waals surface area contributed by atoms with E-state index in [4.69, 9.17) is 32.5 Å². The van der Waals surface area contributed by atoms with Gasteiger partial charge in [0.05, 0.1) is 17.8 Å². The van der Waals surface area contributed by atoms with Gasteiger partial charge in [0.15, 0.2) is 11.5 Å². The van der Waals surface area contributed by atoms with Gasteiger partial charge in [-0.1, -0.05) is 11.6 Å². The maximum absolute atomic E-state index is 13.3. The van der Waals surface area contributed by atoms with Crippen molar-refractivity contribution >= 4 is 28.8 Å². The lowest BCUT2D eigenvalue weighted by atomic mass is 10.1. The van der Waals surface area contributed by atoms with Crippen LogP contribution in [0.3, 0.4) is 0 Å². The molecule has 2 aromatic rings. The van der Waals surface area contributed by atoms with Crippen LogP contribution in [0.25, 0.3) is 0 Å². The number of nitrogen functional groups attached to an aromatic ring is 1. The van der Waals surface area contributed by atoms with Gasteiger partial charge in [0.2, 0.25) is 0 Å². The van der Waals surface area contributed by atoms with Gasteiger partial charge in [-0.2, -0.15) is 0 Å². The molecule has 6 nitrogen and oxygen atoms in total. The van der Waals surface area contributed by atoms with Crippen LogP contribution in [0.4, 0.5) is 15.8 Å². The van der Waals surface area contributed by atoms with E-state index in [1.54, 1.807) is 19.2 Å². The van der Waals surface area contributed by atoms with Gasteiger partial charge in [0.1, 0.15) is 17.8 Å². The van der Waals surface area contributed by atoms with Gasteiger partial charge >= 0.3 is 0 Å². The van der Waals surface area contributed by atoms with Gasteiger partial charge < -0.3 is 25.8 Å². The minimum Gasteiger partial charge on any atom is -0.493 e. The summed E-state index contributed by atoms with van der Waals surface area (Å²) in [5.41, 5.74) is 13.6. The second kappa shape index (κ2) is 8.67. The van der Waals surface area contributed by atoms with E-state index in [9.17, 15) is 4.39 Å². The summed E-state index contributed by atoms with van der Waals surface area (Å²) in [4.78, 5) is 6.54. The third-order valence-electron chi connectivity index (χ3n) is 4.64. The summed E-state index contributed by atoms with van der Waals surface area (Å²) in [6.07, 6.45) is 2.09. The molecule has 1 unspecified atom stereocenters. The summed E-state index contributed by atoms with van der Waals surface area (Å²) >= 11 is 5.81. The quantitative estimate of drug-likeness (QED) is 0.450. The van der Waals surface area contributed by atoms with Crippen molar-refractivity contribution in [3.63, 3.8) is 0 Å². The molecule has 0 bridgehead atoms. The number of likely N-dealkylation sites (N-methyl/N-ethyl adjacent to an activating group) is 1. The van der Waals surface area contributed by atoms with E-state index in [1.807, 2.05) is 0 Å². The lowest BCUT2D eigenvalue weighted by Gasteiger charge is -2.30. The number of likely N-dealkylation sites (tertiary alicyclic amines) is 1. The summed E-state index contributed by atoms with van der Waals surface area (Å²) in [7, 11) is 3.63. The molecule has 0 spiro atoms. The molecular weight excluding hydrogens is 383 g/mol. The minimum absolute atomic E-state index is 0.0257. The molecule has 0 amide bonds. The summed E-state index contributed by atoms with van der Waals surface area (Å²) in [5.74, 6) is 0.749. The first kappa shape index (κ1) is 20.2. The molecule has 4 N–H and O–H groups in total. The highest BCUT2D eigenvalue weighted by Crippen LogP contribution is 2.34. The number of nitrogens with two attached hydrogens (primary N) is 2. The normalized spacial score (nSPS) is 18.1. The van der Waals surface area contributed by atoms with Crippen molar-refractivity contribution < 1.29 is 13.9 Å². The second-order valence-corrected chi connectivity index (χ2v) is 7.24. The molecule has 8 heteroatoms. The number of hydrogen-bond acceptors (Lipinski definition) is 5. The molecule has 1 saturated heterocycles. The number of methoxy groups -OCH3 is 1. The molecule has 1 atom stereocenters. The Morgan fingerprint density at radius 3 is 2.75 bits per heavy atom. The number of ether oxygens (including phenoxy) is 2. The number of nitrogens with zero attached hydrogens (tertiary/aromatic N) is 2. The van der Waals surface area contributed by atoms with Gasteiger partial charge in [-0.3, -0.25) is 0 Å². The van der Waals surface area contributed by atoms with Crippen molar-refractivity contribution in [1.29, 1.82) is 0 Å². The predicted octanol–water partition coefficient (Wildman–Crippen LogP) is 3.58. The van der Waals surface area contributed by atoms with Gasteiger partial charge in [-0.15, -0.1) is 0 Å². The summed E-state index contributed by atoms with van der Waals surface area (Å²) in [6.45, 7) is 1.89. The Morgan fingerprint density at radius 2 is 2.07 bits per heavy atom. The third-order valence-corrected chi connectivity index (χ3v) is 4.93. The fraction of sp³-hybridized carbons (Fsp3) is 0.350. The Labute approximate surface area is 168 Å². The zero-order valence-corrected chi connectivity index (χ0v) is 16.7. The first-order valence-electron chi connectivity index (χ1n) is 8.99. The highest BCUT2D eigenvalue weighted by atomic mass is 35.5. The average Bonchev–Trinajstić information content (AvgIpc) is 2.65. The Hall–Kier alpha value is -2.51. The lowest BCUT2D eigenvalue weighted by Crippen LogP contribution is -2.38. The summed E-state index contributed by atoms with van der Waals surface area (Å²) in [6, 6.07) is 7.52. The zero-order chi connectivity index (χ0) is 20.3. The lowest BCUT2D eigenvalue weighted by molar-refractivity contribution is 0.101. The Morgan fingerprint density at radius 1 is 1.29 bits per heavy atom. The van der Waals surface area contributed by atoms with Gasteiger partial charge in [0, 0.05) is 23.9 Å². The number of benzene rings is 2. The van der Waals surface area contributed by atoms with Crippen LogP contribution in [0.1, 0.15) is 18.4 Å². The van der Waals surface area contributed by atoms with Gasteiger partial charge in [-0.05, 0) is 50.7 Å². The topological polar surface area (TPSA) is 86.1 Å². The van der Waals surface area contributed by atoms with Crippen molar-refractivity contribution in [3.05, 3.63) is 46.7 Å². The SMILES string of the molecule is COc1cc(N)c(C(N)=Nc2ccc(F)c(Cl)c2)cc1OC1CCCN(C)C1. The monoisotopic (exact) mass is 406 g/mol. The van der Waals surface area contributed by atoms with Crippen molar-refractivity contribution in [2.75, 3.05) is 33.0 Å². The van der Waals surface area contributed by atoms with E-state index < -0.39 is 5.82 Å². The smallest absolute Gasteiger partial charge is 0.162 e. The molecule has 3 rings (SSSR count). The average molecular weight is 407 g/mol. The first-order chi connectivity index (χ1) is 13.4. The number of piperidine rings is 1.